The zero-order valence-corrected chi connectivity index (χ0v) is 11.6. The summed E-state index contributed by atoms with van der Waals surface area (Å²) in [7, 11) is 0. The number of benzene rings is 1. The second kappa shape index (κ2) is 7.99. The van der Waals surface area contributed by atoms with E-state index >= 15 is 0 Å². The van der Waals surface area contributed by atoms with Gasteiger partial charge in [0.05, 0.1) is 5.02 Å². The Balaban J connectivity index is 2.28. The summed E-state index contributed by atoms with van der Waals surface area (Å²) in [4.78, 5) is 1.17. The summed E-state index contributed by atoms with van der Waals surface area (Å²) in [6.45, 7) is 6.59. The molecule has 1 unspecified atom stereocenters. The van der Waals surface area contributed by atoms with Crippen molar-refractivity contribution >= 4 is 23.4 Å². The molecule has 1 nitrogen and oxygen atoms in total. The number of hydrogen-bond acceptors (Lipinski definition) is 2. The first kappa shape index (κ1) is 13.9. The standard InChI is InChI=1S/C13H20ClNS/c1-3-4-9-15-10-11(2)16-13-8-6-5-7-12(13)14/h5-8,11,15H,3-4,9-10H2,1-2H3. The number of nitrogens with one attached hydrogen (secondary N) is 1. The average Bonchev–Trinajstić information content (AvgIpc) is 2.28. The fraction of sp³-hybridized carbons (Fsp3) is 0.538. The maximum Gasteiger partial charge on any atom is 0.0541 e. The highest BCUT2D eigenvalue weighted by molar-refractivity contribution is 8.00. The lowest BCUT2D eigenvalue weighted by atomic mass is 10.3. The highest BCUT2D eigenvalue weighted by Gasteiger charge is 2.06. The smallest absolute Gasteiger partial charge is 0.0541 e. The summed E-state index contributed by atoms with van der Waals surface area (Å²) in [5.41, 5.74) is 0. The molecule has 90 valence electrons. The average molecular weight is 258 g/mol. The largest absolute Gasteiger partial charge is 0.316 e. The molecule has 0 aliphatic carbocycles. The molecule has 0 heterocycles. The van der Waals surface area contributed by atoms with Crippen molar-refractivity contribution in [3.63, 3.8) is 0 Å². The van der Waals surface area contributed by atoms with Crippen LogP contribution < -0.4 is 5.32 Å². The number of unbranched alkanes of at least 4 members (excludes halogenated alkanes) is 1. The molecule has 0 aromatic heterocycles. The van der Waals surface area contributed by atoms with E-state index in [1.807, 2.05) is 30.0 Å². The Kier molecular flexibility index (Phi) is 6.93. The van der Waals surface area contributed by atoms with Crippen LogP contribution in [0.1, 0.15) is 26.7 Å². The first-order chi connectivity index (χ1) is 7.74. The molecule has 16 heavy (non-hydrogen) atoms. The van der Waals surface area contributed by atoms with E-state index in [0.29, 0.717) is 5.25 Å². The normalized spacial score (nSPS) is 12.7. The molecular weight excluding hydrogens is 238 g/mol. The lowest BCUT2D eigenvalue weighted by Gasteiger charge is -2.13. The van der Waals surface area contributed by atoms with Gasteiger partial charge in [-0.1, -0.05) is 44.0 Å². The van der Waals surface area contributed by atoms with Gasteiger partial charge in [0.15, 0.2) is 0 Å². The van der Waals surface area contributed by atoms with Crippen LogP contribution in [0.4, 0.5) is 0 Å². The molecule has 0 amide bonds. The van der Waals surface area contributed by atoms with Crippen LogP contribution in [-0.4, -0.2) is 18.3 Å². The fourth-order valence-electron chi connectivity index (χ4n) is 1.41. The molecule has 1 N–H and O–H groups in total. The van der Waals surface area contributed by atoms with Crippen LogP contribution in [0.2, 0.25) is 5.02 Å². The van der Waals surface area contributed by atoms with Crippen molar-refractivity contribution in [1.29, 1.82) is 0 Å². The van der Waals surface area contributed by atoms with Crippen molar-refractivity contribution in [2.24, 2.45) is 0 Å². The molecule has 0 saturated heterocycles. The first-order valence-corrected chi connectivity index (χ1v) is 7.11. The predicted octanol–water partition coefficient (Wildman–Crippen LogP) is 4.21. The Morgan fingerprint density at radius 2 is 2.12 bits per heavy atom. The Hall–Kier alpha value is -0.180. The maximum atomic E-state index is 6.11. The first-order valence-electron chi connectivity index (χ1n) is 5.86. The molecule has 1 aromatic rings. The second-order valence-electron chi connectivity index (χ2n) is 3.92. The van der Waals surface area contributed by atoms with E-state index in [9.17, 15) is 0 Å². The molecule has 0 saturated carbocycles. The third-order valence-electron chi connectivity index (χ3n) is 2.30. The SMILES string of the molecule is CCCCNCC(C)Sc1ccccc1Cl. The van der Waals surface area contributed by atoms with Crippen LogP contribution in [0.25, 0.3) is 0 Å². The van der Waals surface area contributed by atoms with Crippen molar-refractivity contribution in [2.45, 2.75) is 36.8 Å². The summed E-state index contributed by atoms with van der Waals surface area (Å²) in [5.74, 6) is 0. The van der Waals surface area contributed by atoms with Crippen molar-refractivity contribution in [3.05, 3.63) is 29.3 Å². The molecular formula is C13H20ClNS. The minimum Gasteiger partial charge on any atom is -0.316 e. The highest BCUT2D eigenvalue weighted by Crippen LogP contribution is 2.29. The van der Waals surface area contributed by atoms with Gasteiger partial charge in [-0.05, 0) is 25.1 Å². The number of halogens is 1. The van der Waals surface area contributed by atoms with Crippen molar-refractivity contribution in [1.82, 2.24) is 5.32 Å². The molecule has 1 atom stereocenters. The van der Waals surface area contributed by atoms with Crippen LogP contribution in [-0.2, 0) is 0 Å². The van der Waals surface area contributed by atoms with Gasteiger partial charge in [0.2, 0.25) is 0 Å². The molecule has 0 fully saturated rings. The quantitative estimate of drug-likeness (QED) is 0.580. The molecule has 1 aromatic carbocycles. The number of thioether (sulfide) groups is 1. The highest BCUT2D eigenvalue weighted by atomic mass is 35.5. The Labute approximate surface area is 108 Å². The van der Waals surface area contributed by atoms with E-state index in [0.717, 1.165) is 18.1 Å². The zero-order chi connectivity index (χ0) is 11.8. The molecule has 0 spiro atoms. The predicted molar refractivity (Wildman–Crippen MR) is 74.5 cm³/mol. The van der Waals surface area contributed by atoms with E-state index in [-0.39, 0.29) is 0 Å². The molecule has 3 heteroatoms. The minimum absolute atomic E-state index is 0.553. The van der Waals surface area contributed by atoms with Gasteiger partial charge in [-0.15, -0.1) is 11.8 Å². The van der Waals surface area contributed by atoms with E-state index < -0.39 is 0 Å². The zero-order valence-electron chi connectivity index (χ0n) is 10.0. The van der Waals surface area contributed by atoms with Gasteiger partial charge in [-0.3, -0.25) is 0 Å². The van der Waals surface area contributed by atoms with E-state index in [1.165, 1.54) is 17.7 Å². The molecule has 1 rings (SSSR count). The number of rotatable bonds is 7. The maximum absolute atomic E-state index is 6.11. The van der Waals surface area contributed by atoms with Crippen molar-refractivity contribution < 1.29 is 0 Å². The van der Waals surface area contributed by atoms with E-state index in [1.54, 1.807) is 0 Å². The number of hydrogen-bond donors (Lipinski definition) is 1. The lowest BCUT2D eigenvalue weighted by molar-refractivity contribution is 0.638. The van der Waals surface area contributed by atoms with Crippen LogP contribution >= 0.6 is 23.4 Å². The third kappa shape index (κ3) is 5.24. The van der Waals surface area contributed by atoms with E-state index in [4.69, 9.17) is 11.6 Å². The summed E-state index contributed by atoms with van der Waals surface area (Å²) in [6.07, 6.45) is 2.50. The van der Waals surface area contributed by atoms with Gasteiger partial charge < -0.3 is 5.32 Å². The topological polar surface area (TPSA) is 12.0 Å². The van der Waals surface area contributed by atoms with Gasteiger partial charge in [-0.2, -0.15) is 0 Å². The van der Waals surface area contributed by atoms with E-state index in [2.05, 4.69) is 25.2 Å². The molecule has 0 aliphatic heterocycles. The fourth-order valence-corrected chi connectivity index (χ4v) is 2.65. The summed E-state index contributed by atoms with van der Waals surface area (Å²) in [5, 5.41) is 4.87. The van der Waals surface area contributed by atoms with Crippen LogP contribution in [0.5, 0.6) is 0 Å². The minimum atomic E-state index is 0.553. The molecule has 0 radical (unpaired) electrons. The van der Waals surface area contributed by atoms with Gasteiger partial charge in [0.25, 0.3) is 0 Å². The second-order valence-corrected chi connectivity index (χ2v) is 5.80. The Morgan fingerprint density at radius 3 is 2.81 bits per heavy atom. The molecule has 0 aliphatic rings. The monoisotopic (exact) mass is 257 g/mol. The van der Waals surface area contributed by atoms with Crippen LogP contribution in [0.3, 0.4) is 0 Å². The van der Waals surface area contributed by atoms with Crippen molar-refractivity contribution in [3.8, 4) is 0 Å². The summed E-state index contributed by atoms with van der Waals surface area (Å²) in [6, 6.07) is 8.03. The molecule has 0 bridgehead atoms. The van der Waals surface area contributed by atoms with Crippen molar-refractivity contribution in [2.75, 3.05) is 13.1 Å². The van der Waals surface area contributed by atoms with Gasteiger partial charge in [0.1, 0.15) is 0 Å². The van der Waals surface area contributed by atoms with Crippen LogP contribution in [0.15, 0.2) is 29.2 Å². The van der Waals surface area contributed by atoms with Crippen LogP contribution in [0, 0.1) is 0 Å². The third-order valence-corrected chi connectivity index (χ3v) is 3.92. The Morgan fingerprint density at radius 1 is 1.38 bits per heavy atom. The van der Waals surface area contributed by atoms with Gasteiger partial charge >= 0.3 is 0 Å². The Bertz CT molecular complexity index is 304. The lowest BCUT2D eigenvalue weighted by Crippen LogP contribution is -2.23. The van der Waals surface area contributed by atoms with Gasteiger partial charge in [0, 0.05) is 16.7 Å². The summed E-state index contributed by atoms with van der Waals surface area (Å²) >= 11 is 7.94. The summed E-state index contributed by atoms with van der Waals surface area (Å²) < 4.78 is 0. The van der Waals surface area contributed by atoms with Gasteiger partial charge in [-0.25, -0.2) is 0 Å².